The Kier molecular flexibility index (Phi) is 8.42. The van der Waals surface area contributed by atoms with Gasteiger partial charge in [0.25, 0.3) is 0 Å². The van der Waals surface area contributed by atoms with E-state index < -0.39 is 0 Å². The van der Waals surface area contributed by atoms with Crippen molar-refractivity contribution in [3.63, 3.8) is 0 Å². The largest absolute Gasteiger partial charge is 0.468 e. The molecule has 0 amide bonds. The van der Waals surface area contributed by atoms with Crippen LogP contribution in [0.4, 0.5) is 0 Å². The molecule has 82 valence electrons. The fourth-order valence-electron chi connectivity index (χ4n) is 0.649. The average Bonchev–Trinajstić information content (AvgIpc) is 2.18. The van der Waals surface area contributed by atoms with Crippen LogP contribution in [0.2, 0.25) is 0 Å². The number of thioether (sulfide) groups is 1. The predicted molar refractivity (Wildman–Crippen MR) is 55.2 cm³/mol. The molecule has 0 aromatic rings. The molecule has 0 aromatic heterocycles. The molecule has 0 saturated carbocycles. The van der Waals surface area contributed by atoms with Crippen molar-refractivity contribution in [1.29, 1.82) is 0 Å². The van der Waals surface area contributed by atoms with Crippen LogP contribution in [0.1, 0.15) is 19.8 Å². The quantitative estimate of drug-likeness (QED) is 0.477. The zero-order chi connectivity index (χ0) is 10.8. The molecular formula is C9H16O4S. The maximum atomic E-state index is 11.0. The lowest BCUT2D eigenvalue weighted by Crippen LogP contribution is -2.11. The van der Waals surface area contributed by atoms with Crippen molar-refractivity contribution in [1.82, 2.24) is 0 Å². The Morgan fingerprint density at radius 2 is 1.86 bits per heavy atom. The second-order valence-corrected chi connectivity index (χ2v) is 3.63. The Bertz CT molecular complexity index is 182. The minimum atomic E-state index is -0.323. The minimum Gasteiger partial charge on any atom is -0.468 e. The summed E-state index contributed by atoms with van der Waals surface area (Å²) in [4.78, 5) is 21.7. The van der Waals surface area contributed by atoms with Crippen LogP contribution >= 0.6 is 11.8 Å². The number of carbonyl (C=O) groups excluding carboxylic acids is 2. The molecule has 0 fully saturated rings. The molecule has 0 aliphatic heterocycles. The second kappa shape index (κ2) is 8.87. The summed E-state index contributed by atoms with van der Waals surface area (Å²) >= 11 is 1.20. The molecule has 4 nitrogen and oxygen atoms in total. The van der Waals surface area contributed by atoms with E-state index in [4.69, 9.17) is 4.74 Å². The van der Waals surface area contributed by atoms with E-state index >= 15 is 0 Å². The van der Waals surface area contributed by atoms with Crippen molar-refractivity contribution in [2.45, 2.75) is 19.8 Å². The minimum absolute atomic E-state index is 0.194. The van der Waals surface area contributed by atoms with Crippen LogP contribution in [0.25, 0.3) is 0 Å². The highest BCUT2D eigenvalue weighted by Gasteiger charge is 2.05. The molecule has 0 unspecified atom stereocenters. The van der Waals surface area contributed by atoms with E-state index in [0.29, 0.717) is 6.61 Å². The number of hydrogen-bond acceptors (Lipinski definition) is 5. The van der Waals surface area contributed by atoms with Crippen LogP contribution in [-0.2, 0) is 19.1 Å². The molecule has 5 heteroatoms. The summed E-state index contributed by atoms with van der Waals surface area (Å²) in [5, 5.41) is 0. The zero-order valence-electron chi connectivity index (χ0n) is 8.58. The van der Waals surface area contributed by atoms with Gasteiger partial charge in [0.2, 0.25) is 0 Å². The van der Waals surface area contributed by atoms with Gasteiger partial charge >= 0.3 is 11.9 Å². The van der Waals surface area contributed by atoms with Crippen molar-refractivity contribution >= 4 is 23.7 Å². The Labute approximate surface area is 88.3 Å². The topological polar surface area (TPSA) is 52.6 Å². The summed E-state index contributed by atoms with van der Waals surface area (Å²) in [6, 6.07) is 0. The fourth-order valence-corrected chi connectivity index (χ4v) is 1.29. The smallest absolute Gasteiger partial charge is 0.315 e. The van der Waals surface area contributed by atoms with Gasteiger partial charge in [-0.3, -0.25) is 9.59 Å². The third-order valence-electron chi connectivity index (χ3n) is 1.43. The highest BCUT2D eigenvalue weighted by Crippen LogP contribution is 2.01. The van der Waals surface area contributed by atoms with E-state index in [0.717, 1.165) is 12.8 Å². The van der Waals surface area contributed by atoms with Crippen molar-refractivity contribution in [2.24, 2.45) is 0 Å². The van der Waals surface area contributed by atoms with Crippen molar-refractivity contribution in [3.8, 4) is 0 Å². The Hall–Kier alpha value is -0.710. The number of unbranched alkanes of at least 4 members (excludes halogenated alkanes) is 1. The molecule has 14 heavy (non-hydrogen) atoms. The SMILES string of the molecule is CCCCOC(=O)CSCC(=O)OC. The number of hydrogen-bond donors (Lipinski definition) is 0. The average molecular weight is 220 g/mol. The third-order valence-corrected chi connectivity index (χ3v) is 2.31. The van der Waals surface area contributed by atoms with Crippen LogP contribution in [-0.4, -0.2) is 37.2 Å². The summed E-state index contributed by atoms with van der Waals surface area (Å²) in [7, 11) is 1.32. The van der Waals surface area contributed by atoms with Crippen molar-refractivity contribution in [3.05, 3.63) is 0 Å². The third kappa shape index (κ3) is 7.91. The lowest BCUT2D eigenvalue weighted by molar-refractivity contribution is -0.140. The Balaban J connectivity index is 3.31. The Morgan fingerprint density at radius 3 is 2.43 bits per heavy atom. The summed E-state index contributed by atoms with van der Waals surface area (Å²) in [6.07, 6.45) is 1.88. The van der Waals surface area contributed by atoms with E-state index in [1.165, 1.54) is 18.9 Å². The van der Waals surface area contributed by atoms with Gasteiger partial charge < -0.3 is 9.47 Å². The first-order valence-electron chi connectivity index (χ1n) is 4.50. The molecule has 0 N–H and O–H groups in total. The molecule has 0 aromatic carbocycles. The molecule has 0 rings (SSSR count). The van der Waals surface area contributed by atoms with Gasteiger partial charge in [0.1, 0.15) is 0 Å². The second-order valence-electron chi connectivity index (χ2n) is 2.64. The molecule has 0 bridgehead atoms. The van der Waals surface area contributed by atoms with E-state index in [9.17, 15) is 9.59 Å². The standard InChI is InChI=1S/C9H16O4S/c1-3-4-5-13-9(11)7-14-6-8(10)12-2/h3-7H2,1-2H3. The van der Waals surface area contributed by atoms with Crippen molar-refractivity contribution in [2.75, 3.05) is 25.2 Å². The summed E-state index contributed by atoms with van der Waals surface area (Å²) in [6.45, 7) is 2.49. The molecule has 0 atom stereocenters. The highest BCUT2D eigenvalue weighted by molar-refractivity contribution is 8.00. The van der Waals surface area contributed by atoms with E-state index in [-0.39, 0.29) is 23.4 Å². The number of ether oxygens (including phenoxy) is 2. The number of rotatable bonds is 7. The number of esters is 2. The van der Waals surface area contributed by atoms with Gasteiger partial charge in [-0.1, -0.05) is 13.3 Å². The fraction of sp³-hybridized carbons (Fsp3) is 0.778. The molecule has 0 aliphatic rings. The first kappa shape index (κ1) is 13.3. The predicted octanol–water partition coefficient (Wildman–Crippen LogP) is 1.24. The van der Waals surface area contributed by atoms with Gasteiger partial charge in [-0.05, 0) is 6.42 Å². The van der Waals surface area contributed by atoms with Crippen LogP contribution < -0.4 is 0 Å². The molecule has 0 spiro atoms. The molecule has 0 heterocycles. The highest BCUT2D eigenvalue weighted by atomic mass is 32.2. The first-order valence-corrected chi connectivity index (χ1v) is 5.66. The van der Waals surface area contributed by atoms with Gasteiger partial charge in [-0.25, -0.2) is 0 Å². The zero-order valence-corrected chi connectivity index (χ0v) is 9.39. The van der Waals surface area contributed by atoms with E-state index in [1.807, 2.05) is 6.92 Å². The molecular weight excluding hydrogens is 204 g/mol. The summed E-state index contributed by atoms with van der Waals surface area (Å²) in [5.74, 6) is -0.193. The van der Waals surface area contributed by atoms with E-state index in [1.54, 1.807) is 0 Å². The number of carbonyl (C=O) groups is 2. The monoisotopic (exact) mass is 220 g/mol. The van der Waals surface area contributed by atoms with Gasteiger partial charge in [0, 0.05) is 0 Å². The van der Waals surface area contributed by atoms with Crippen LogP contribution in [0.5, 0.6) is 0 Å². The molecule has 0 aliphatic carbocycles. The van der Waals surface area contributed by atoms with E-state index in [2.05, 4.69) is 4.74 Å². The van der Waals surface area contributed by atoms with Gasteiger partial charge in [-0.2, -0.15) is 0 Å². The lowest BCUT2D eigenvalue weighted by atomic mass is 10.4. The summed E-state index contributed by atoms with van der Waals surface area (Å²) < 4.78 is 9.30. The van der Waals surface area contributed by atoms with Crippen LogP contribution in [0.15, 0.2) is 0 Å². The van der Waals surface area contributed by atoms with Gasteiger partial charge in [0.05, 0.1) is 25.2 Å². The maximum Gasteiger partial charge on any atom is 0.315 e. The van der Waals surface area contributed by atoms with Gasteiger partial charge in [-0.15, -0.1) is 11.8 Å². The lowest BCUT2D eigenvalue weighted by Gasteiger charge is -2.02. The Morgan fingerprint density at radius 1 is 1.21 bits per heavy atom. The molecule has 0 radical (unpaired) electrons. The van der Waals surface area contributed by atoms with Crippen LogP contribution in [0, 0.1) is 0 Å². The van der Waals surface area contributed by atoms with Gasteiger partial charge in [0.15, 0.2) is 0 Å². The maximum absolute atomic E-state index is 11.0. The van der Waals surface area contributed by atoms with Crippen molar-refractivity contribution < 1.29 is 19.1 Å². The normalized spacial score (nSPS) is 9.57. The first-order chi connectivity index (χ1) is 6.70. The number of methoxy groups -OCH3 is 1. The molecule has 0 saturated heterocycles. The van der Waals surface area contributed by atoms with Crippen LogP contribution in [0.3, 0.4) is 0 Å². The summed E-state index contributed by atoms with van der Waals surface area (Å²) in [5.41, 5.74) is 0.